The van der Waals surface area contributed by atoms with E-state index >= 15 is 0 Å². The maximum Gasteiger partial charge on any atom is 0.251 e. The molecule has 0 aromatic heterocycles. The zero-order valence-electron chi connectivity index (χ0n) is 13.4. The van der Waals surface area contributed by atoms with E-state index in [2.05, 4.69) is 11.4 Å². The molecule has 0 saturated heterocycles. The molecular weight excluding hydrogens is 289 g/mol. The second kappa shape index (κ2) is 6.95. The minimum absolute atomic E-state index is 0.0813. The highest BCUT2D eigenvalue weighted by Crippen LogP contribution is 2.22. The van der Waals surface area contributed by atoms with Gasteiger partial charge in [-0.2, -0.15) is 0 Å². The number of carbonyl (C=O) groups is 1. The maximum atomic E-state index is 13.7. The molecule has 1 unspecified atom stereocenters. The fourth-order valence-electron chi connectivity index (χ4n) is 3.23. The Kier molecular flexibility index (Phi) is 4.75. The van der Waals surface area contributed by atoms with Crippen LogP contribution in [0.3, 0.4) is 0 Å². The van der Waals surface area contributed by atoms with Gasteiger partial charge < -0.3 is 5.32 Å². The van der Waals surface area contributed by atoms with Crippen LogP contribution < -0.4 is 5.32 Å². The van der Waals surface area contributed by atoms with Crippen LogP contribution in [0.2, 0.25) is 0 Å². The number of benzene rings is 2. The molecule has 0 spiro atoms. The van der Waals surface area contributed by atoms with Crippen molar-refractivity contribution in [1.29, 1.82) is 0 Å². The molecule has 0 saturated carbocycles. The van der Waals surface area contributed by atoms with Crippen LogP contribution in [-0.4, -0.2) is 11.9 Å². The molecule has 1 amide bonds. The lowest BCUT2D eigenvalue weighted by Gasteiger charge is -2.18. The number of amides is 1. The van der Waals surface area contributed by atoms with E-state index in [4.69, 9.17) is 0 Å². The molecule has 0 aliphatic heterocycles. The van der Waals surface area contributed by atoms with Crippen molar-refractivity contribution in [3.63, 3.8) is 0 Å². The lowest BCUT2D eigenvalue weighted by atomic mass is 9.90. The highest BCUT2D eigenvalue weighted by atomic mass is 19.1. The van der Waals surface area contributed by atoms with Gasteiger partial charge in [-0.25, -0.2) is 4.39 Å². The quantitative estimate of drug-likeness (QED) is 0.906. The first kappa shape index (κ1) is 15.7. The first-order valence-corrected chi connectivity index (χ1v) is 8.29. The Morgan fingerprint density at radius 3 is 2.65 bits per heavy atom. The van der Waals surface area contributed by atoms with Gasteiger partial charge in [0.1, 0.15) is 5.82 Å². The third kappa shape index (κ3) is 3.79. The van der Waals surface area contributed by atoms with E-state index in [1.165, 1.54) is 30.0 Å². The minimum Gasteiger partial charge on any atom is -0.349 e. The van der Waals surface area contributed by atoms with E-state index in [-0.39, 0.29) is 17.8 Å². The predicted molar refractivity (Wildman–Crippen MR) is 90.1 cm³/mol. The van der Waals surface area contributed by atoms with E-state index in [1.54, 1.807) is 12.1 Å². The molecule has 1 aliphatic rings. The largest absolute Gasteiger partial charge is 0.349 e. The normalized spacial score (nSPS) is 14.9. The molecular formula is C20H22FNO. The number of halogens is 1. The summed E-state index contributed by atoms with van der Waals surface area (Å²) in [6.07, 6.45) is 5.09. The fourth-order valence-corrected chi connectivity index (χ4v) is 3.23. The average Bonchev–Trinajstić information content (AvgIpc) is 2.56. The molecule has 1 N–H and O–H groups in total. The number of hydrogen-bond acceptors (Lipinski definition) is 1. The van der Waals surface area contributed by atoms with Crippen molar-refractivity contribution >= 4 is 5.91 Å². The summed E-state index contributed by atoms with van der Waals surface area (Å²) < 4.78 is 13.7. The summed E-state index contributed by atoms with van der Waals surface area (Å²) in [7, 11) is 0. The highest BCUT2D eigenvalue weighted by molar-refractivity contribution is 5.94. The van der Waals surface area contributed by atoms with E-state index in [0.717, 1.165) is 12.8 Å². The van der Waals surface area contributed by atoms with Gasteiger partial charge in [-0.05, 0) is 73.9 Å². The van der Waals surface area contributed by atoms with Gasteiger partial charge in [-0.1, -0.05) is 24.3 Å². The van der Waals surface area contributed by atoms with Gasteiger partial charge in [0.05, 0.1) is 0 Å². The second-order valence-corrected chi connectivity index (χ2v) is 6.36. The topological polar surface area (TPSA) is 29.1 Å². The number of aryl methyl sites for hydroxylation is 2. The van der Waals surface area contributed by atoms with Crippen LogP contribution >= 0.6 is 0 Å². The van der Waals surface area contributed by atoms with Gasteiger partial charge in [0.15, 0.2) is 0 Å². The first-order valence-electron chi connectivity index (χ1n) is 8.29. The molecule has 2 aromatic rings. The monoisotopic (exact) mass is 311 g/mol. The minimum atomic E-state index is -0.220. The van der Waals surface area contributed by atoms with E-state index in [1.807, 2.05) is 25.1 Å². The Balaban J connectivity index is 1.65. The fraction of sp³-hybridized carbons (Fsp3) is 0.350. The lowest BCUT2D eigenvalue weighted by Crippen LogP contribution is -2.34. The first-order chi connectivity index (χ1) is 11.1. The molecule has 1 atom stereocenters. The molecule has 23 heavy (non-hydrogen) atoms. The molecule has 0 heterocycles. The molecule has 120 valence electrons. The van der Waals surface area contributed by atoms with E-state index < -0.39 is 0 Å². The Morgan fingerprint density at radius 1 is 1.13 bits per heavy atom. The van der Waals surface area contributed by atoms with Gasteiger partial charge >= 0.3 is 0 Å². The van der Waals surface area contributed by atoms with Crippen LogP contribution in [0.5, 0.6) is 0 Å². The second-order valence-electron chi connectivity index (χ2n) is 6.36. The summed E-state index contributed by atoms with van der Waals surface area (Å²) in [6.45, 7) is 1.91. The Hall–Kier alpha value is -2.16. The number of carbonyl (C=O) groups excluding carboxylic acids is 1. The van der Waals surface area contributed by atoms with Crippen molar-refractivity contribution in [3.8, 4) is 0 Å². The van der Waals surface area contributed by atoms with Crippen LogP contribution in [0.15, 0.2) is 42.5 Å². The third-order valence-corrected chi connectivity index (χ3v) is 4.47. The summed E-state index contributed by atoms with van der Waals surface area (Å²) in [5.41, 5.74) is 4.00. The van der Waals surface area contributed by atoms with Gasteiger partial charge in [0.2, 0.25) is 0 Å². The van der Waals surface area contributed by atoms with E-state index in [0.29, 0.717) is 17.5 Å². The van der Waals surface area contributed by atoms with E-state index in [9.17, 15) is 9.18 Å². The maximum absolute atomic E-state index is 13.7. The summed E-state index contributed by atoms with van der Waals surface area (Å²) in [5.74, 6) is -0.301. The number of rotatable bonds is 4. The number of hydrogen-bond donors (Lipinski definition) is 1. The summed E-state index contributed by atoms with van der Waals surface area (Å²) in [6, 6.07) is 12.6. The third-order valence-electron chi connectivity index (χ3n) is 4.47. The summed E-state index contributed by atoms with van der Waals surface area (Å²) in [5, 5.41) is 2.97. The molecule has 0 fully saturated rings. The van der Waals surface area contributed by atoms with Crippen LogP contribution in [-0.2, 0) is 19.3 Å². The van der Waals surface area contributed by atoms with Crippen molar-refractivity contribution in [1.82, 2.24) is 5.32 Å². The van der Waals surface area contributed by atoms with Crippen LogP contribution in [0.1, 0.15) is 46.8 Å². The van der Waals surface area contributed by atoms with Gasteiger partial charge in [-0.15, -0.1) is 0 Å². The number of nitrogens with one attached hydrogen (secondary N) is 1. The van der Waals surface area contributed by atoms with Gasteiger partial charge in [0.25, 0.3) is 5.91 Å². The van der Waals surface area contributed by atoms with Crippen molar-refractivity contribution in [2.75, 3.05) is 0 Å². The molecule has 2 nitrogen and oxygen atoms in total. The van der Waals surface area contributed by atoms with Crippen molar-refractivity contribution < 1.29 is 9.18 Å². The Morgan fingerprint density at radius 2 is 1.87 bits per heavy atom. The Labute approximate surface area is 136 Å². The predicted octanol–water partition coefficient (Wildman–Crippen LogP) is 4.07. The molecule has 0 radical (unpaired) electrons. The zero-order valence-corrected chi connectivity index (χ0v) is 13.4. The van der Waals surface area contributed by atoms with Gasteiger partial charge in [0, 0.05) is 11.6 Å². The van der Waals surface area contributed by atoms with Crippen molar-refractivity contribution in [2.24, 2.45) is 0 Å². The molecule has 2 aromatic carbocycles. The molecule has 3 rings (SSSR count). The number of fused-ring (bicyclic) bond motifs is 1. The van der Waals surface area contributed by atoms with Crippen LogP contribution in [0, 0.1) is 5.82 Å². The molecule has 0 bridgehead atoms. The molecule has 1 aliphatic carbocycles. The van der Waals surface area contributed by atoms with Crippen LogP contribution in [0.25, 0.3) is 0 Å². The van der Waals surface area contributed by atoms with Crippen molar-refractivity contribution in [3.05, 3.63) is 70.5 Å². The SMILES string of the molecule is CC(Cc1ccccc1F)NC(=O)c1ccc2c(c1)CCCC2. The van der Waals surface area contributed by atoms with Crippen LogP contribution in [0.4, 0.5) is 4.39 Å². The average molecular weight is 311 g/mol. The van der Waals surface area contributed by atoms with Crippen molar-refractivity contribution in [2.45, 2.75) is 45.1 Å². The van der Waals surface area contributed by atoms with Gasteiger partial charge in [-0.3, -0.25) is 4.79 Å². The zero-order chi connectivity index (χ0) is 16.2. The smallest absolute Gasteiger partial charge is 0.251 e. The summed E-state index contributed by atoms with van der Waals surface area (Å²) in [4.78, 5) is 12.4. The highest BCUT2D eigenvalue weighted by Gasteiger charge is 2.15. The standard InChI is InChI=1S/C20H22FNO/c1-14(12-17-8-4-5-9-19(17)21)22-20(23)18-11-10-15-6-2-3-7-16(15)13-18/h4-5,8-11,13-14H,2-3,6-7,12H2,1H3,(H,22,23). The molecule has 3 heteroatoms. The lowest BCUT2D eigenvalue weighted by molar-refractivity contribution is 0.0939. The Bertz CT molecular complexity index is 711. The summed E-state index contributed by atoms with van der Waals surface area (Å²) >= 11 is 0.